The number of halogens is 1. The Bertz CT molecular complexity index is 1000. The SMILES string of the molecule is COC(=O)/C1=C/N(C)CCc2nc(C)nc(N3CCN(c4ccccc4F)CC3)c2C1. The van der Waals surface area contributed by atoms with Gasteiger partial charge in [0.1, 0.15) is 17.5 Å². The van der Waals surface area contributed by atoms with Crippen LogP contribution in [0.15, 0.2) is 36.0 Å². The van der Waals surface area contributed by atoms with Crippen LogP contribution in [0.4, 0.5) is 15.9 Å². The number of anilines is 2. The summed E-state index contributed by atoms with van der Waals surface area (Å²) in [5, 5.41) is 0. The van der Waals surface area contributed by atoms with Gasteiger partial charge in [-0.25, -0.2) is 19.2 Å². The monoisotopic (exact) mass is 425 g/mol. The number of nitrogens with zero attached hydrogens (tertiary/aromatic N) is 5. The van der Waals surface area contributed by atoms with E-state index in [1.165, 1.54) is 13.2 Å². The lowest BCUT2D eigenvalue weighted by atomic mass is 10.00. The molecule has 2 aliphatic rings. The Labute approximate surface area is 182 Å². The summed E-state index contributed by atoms with van der Waals surface area (Å²) < 4.78 is 19.2. The molecule has 0 atom stereocenters. The highest BCUT2D eigenvalue weighted by molar-refractivity contribution is 5.89. The Morgan fingerprint density at radius 1 is 1.06 bits per heavy atom. The molecule has 0 N–H and O–H groups in total. The van der Waals surface area contributed by atoms with Crippen molar-refractivity contribution in [3.63, 3.8) is 0 Å². The molecule has 0 amide bonds. The van der Waals surface area contributed by atoms with Crippen LogP contribution in [0.1, 0.15) is 17.1 Å². The second-order valence-electron chi connectivity index (χ2n) is 8.00. The molecule has 2 aromatic rings. The normalized spacial score (nSPS) is 18.6. The van der Waals surface area contributed by atoms with Gasteiger partial charge in [-0.1, -0.05) is 12.1 Å². The van der Waals surface area contributed by atoms with Crippen molar-refractivity contribution in [1.82, 2.24) is 14.9 Å². The van der Waals surface area contributed by atoms with E-state index in [9.17, 15) is 9.18 Å². The van der Waals surface area contributed by atoms with Crippen LogP contribution in [-0.2, 0) is 22.4 Å². The highest BCUT2D eigenvalue weighted by Crippen LogP contribution is 2.29. The van der Waals surface area contributed by atoms with Crippen LogP contribution in [0.3, 0.4) is 0 Å². The molecule has 1 fully saturated rings. The molecular weight excluding hydrogens is 397 g/mol. The van der Waals surface area contributed by atoms with E-state index < -0.39 is 0 Å². The van der Waals surface area contributed by atoms with Gasteiger partial charge in [0.05, 0.1) is 24.1 Å². The third kappa shape index (κ3) is 4.47. The summed E-state index contributed by atoms with van der Waals surface area (Å²) in [7, 11) is 3.35. The molecule has 1 aromatic carbocycles. The molecule has 31 heavy (non-hydrogen) atoms. The molecule has 2 aliphatic heterocycles. The number of esters is 1. The van der Waals surface area contributed by atoms with Crippen molar-refractivity contribution in [2.45, 2.75) is 19.8 Å². The number of aryl methyl sites for hydroxylation is 1. The number of hydrogen-bond donors (Lipinski definition) is 0. The maximum atomic E-state index is 14.2. The third-order valence-corrected chi connectivity index (χ3v) is 5.85. The van der Waals surface area contributed by atoms with Crippen molar-refractivity contribution < 1.29 is 13.9 Å². The number of rotatable bonds is 3. The number of para-hydroxylation sites is 1. The van der Waals surface area contributed by atoms with Crippen molar-refractivity contribution in [1.29, 1.82) is 0 Å². The van der Waals surface area contributed by atoms with E-state index in [1.54, 1.807) is 6.07 Å². The van der Waals surface area contributed by atoms with Gasteiger partial charge in [0.15, 0.2) is 0 Å². The number of piperazine rings is 1. The zero-order valence-corrected chi connectivity index (χ0v) is 18.3. The number of carbonyl (C=O) groups excluding carboxylic acids is 1. The number of benzene rings is 1. The van der Waals surface area contributed by atoms with E-state index in [2.05, 4.69) is 9.80 Å². The van der Waals surface area contributed by atoms with Gasteiger partial charge in [-0.2, -0.15) is 0 Å². The van der Waals surface area contributed by atoms with Crippen LogP contribution in [0.25, 0.3) is 0 Å². The molecule has 0 unspecified atom stereocenters. The quantitative estimate of drug-likeness (QED) is 0.700. The number of carbonyl (C=O) groups is 1. The Morgan fingerprint density at radius 3 is 2.48 bits per heavy atom. The highest BCUT2D eigenvalue weighted by Gasteiger charge is 2.27. The van der Waals surface area contributed by atoms with Crippen molar-refractivity contribution in [2.24, 2.45) is 0 Å². The van der Waals surface area contributed by atoms with E-state index in [0.29, 0.717) is 43.9 Å². The predicted molar refractivity (Wildman–Crippen MR) is 118 cm³/mol. The summed E-state index contributed by atoms with van der Waals surface area (Å²) in [4.78, 5) is 28.1. The van der Waals surface area contributed by atoms with Gasteiger partial charge in [-0.15, -0.1) is 0 Å². The third-order valence-electron chi connectivity index (χ3n) is 5.85. The Balaban J connectivity index is 1.62. The van der Waals surface area contributed by atoms with Crippen LogP contribution in [0, 0.1) is 12.7 Å². The molecule has 0 aliphatic carbocycles. The first-order chi connectivity index (χ1) is 15.0. The number of likely N-dealkylation sites (N-methyl/N-ethyl adjacent to an activating group) is 1. The molecule has 7 nitrogen and oxygen atoms in total. The number of ether oxygens (including phenoxy) is 1. The van der Waals surface area contributed by atoms with Crippen molar-refractivity contribution >= 4 is 17.5 Å². The highest BCUT2D eigenvalue weighted by atomic mass is 19.1. The molecule has 164 valence electrons. The first kappa shape index (κ1) is 21.1. The largest absolute Gasteiger partial charge is 0.466 e. The van der Waals surface area contributed by atoms with Gasteiger partial charge in [-0.3, -0.25) is 0 Å². The van der Waals surface area contributed by atoms with Gasteiger partial charge in [-0.05, 0) is 19.1 Å². The number of aromatic nitrogens is 2. The summed E-state index contributed by atoms with van der Waals surface area (Å²) in [6.45, 7) is 5.48. The number of methoxy groups -OCH3 is 1. The lowest BCUT2D eigenvalue weighted by molar-refractivity contribution is -0.136. The Morgan fingerprint density at radius 2 is 1.77 bits per heavy atom. The van der Waals surface area contributed by atoms with Gasteiger partial charge in [0, 0.05) is 64.4 Å². The summed E-state index contributed by atoms with van der Waals surface area (Å²) >= 11 is 0. The molecule has 4 rings (SSSR count). The second kappa shape index (κ2) is 8.91. The van der Waals surface area contributed by atoms with E-state index in [4.69, 9.17) is 14.7 Å². The summed E-state index contributed by atoms with van der Waals surface area (Å²) in [6, 6.07) is 6.88. The van der Waals surface area contributed by atoms with E-state index in [1.807, 2.05) is 37.2 Å². The fourth-order valence-electron chi connectivity index (χ4n) is 4.26. The molecule has 0 bridgehead atoms. The minimum absolute atomic E-state index is 0.198. The first-order valence-electron chi connectivity index (χ1n) is 10.6. The van der Waals surface area contributed by atoms with Crippen molar-refractivity contribution in [2.75, 3.05) is 56.7 Å². The van der Waals surface area contributed by atoms with Gasteiger partial charge in [0.25, 0.3) is 0 Å². The van der Waals surface area contributed by atoms with Crippen LogP contribution in [0.2, 0.25) is 0 Å². The molecule has 0 radical (unpaired) electrons. The maximum Gasteiger partial charge on any atom is 0.335 e. The fourth-order valence-corrected chi connectivity index (χ4v) is 4.26. The van der Waals surface area contributed by atoms with Crippen molar-refractivity contribution in [3.8, 4) is 0 Å². The Hall–Kier alpha value is -3.16. The molecule has 1 aromatic heterocycles. The first-order valence-corrected chi connectivity index (χ1v) is 10.6. The molecule has 1 saturated heterocycles. The Kier molecular flexibility index (Phi) is 6.06. The van der Waals surface area contributed by atoms with Crippen LogP contribution < -0.4 is 9.80 Å². The van der Waals surface area contributed by atoms with Gasteiger partial charge in [0.2, 0.25) is 0 Å². The van der Waals surface area contributed by atoms with Crippen LogP contribution in [-0.4, -0.2) is 67.7 Å². The van der Waals surface area contributed by atoms with E-state index >= 15 is 0 Å². The van der Waals surface area contributed by atoms with E-state index in [0.717, 1.165) is 35.9 Å². The molecule has 0 saturated carbocycles. The standard InChI is InChI=1S/C23H28FN5O2/c1-16-25-20-8-9-27(2)15-17(23(30)31-3)14-18(20)22(26-16)29-12-10-28(11-13-29)21-7-5-4-6-19(21)24/h4-7,15H,8-14H2,1-3H3/b17-15+. The second-order valence-corrected chi connectivity index (χ2v) is 8.00. The molecule has 0 spiro atoms. The smallest absolute Gasteiger partial charge is 0.335 e. The molecular formula is C23H28FN5O2. The van der Waals surface area contributed by atoms with Crippen LogP contribution >= 0.6 is 0 Å². The zero-order valence-electron chi connectivity index (χ0n) is 18.3. The molecule has 3 heterocycles. The topological polar surface area (TPSA) is 61.8 Å². The summed E-state index contributed by atoms with van der Waals surface area (Å²) in [5.74, 6) is 1.05. The predicted octanol–water partition coefficient (Wildman–Crippen LogP) is 2.34. The summed E-state index contributed by atoms with van der Waals surface area (Å²) in [6.07, 6.45) is 3.06. The maximum absolute atomic E-state index is 14.2. The minimum Gasteiger partial charge on any atom is -0.466 e. The zero-order chi connectivity index (χ0) is 22.0. The fraction of sp³-hybridized carbons (Fsp3) is 0.435. The lowest BCUT2D eigenvalue weighted by Gasteiger charge is -2.38. The average molecular weight is 426 g/mol. The average Bonchev–Trinajstić information content (AvgIpc) is 2.77. The van der Waals surface area contributed by atoms with Gasteiger partial charge >= 0.3 is 5.97 Å². The summed E-state index contributed by atoms with van der Waals surface area (Å²) in [5.41, 5.74) is 3.18. The minimum atomic E-state index is -0.337. The van der Waals surface area contributed by atoms with E-state index in [-0.39, 0.29) is 11.8 Å². The van der Waals surface area contributed by atoms with Crippen LogP contribution in [0.5, 0.6) is 0 Å². The van der Waals surface area contributed by atoms with Gasteiger partial charge < -0.3 is 19.4 Å². The lowest BCUT2D eigenvalue weighted by Crippen LogP contribution is -2.47. The number of hydrogen-bond acceptors (Lipinski definition) is 7. The number of fused-ring (bicyclic) bond motifs is 1. The molecule has 8 heteroatoms. The van der Waals surface area contributed by atoms with Crippen molar-refractivity contribution in [3.05, 3.63) is 58.9 Å².